The number of hydrogen-bond acceptors (Lipinski definition) is 3. The number of carbonyl (C=O) groups excluding carboxylic acids is 1. The summed E-state index contributed by atoms with van der Waals surface area (Å²) in [5.41, 5.74) is 1.23. The molecule has 0 aliphatic carbocycles. The summed E-state index contributed by atoms with van der Waals surface area (Å²) in [6.45, 7) is 0. The molecule has 84 valence electrons. The van der Waals surface area contributed by atoms with Gasteiger partial charge in [0.15, 0.2) is 11.4 Å². The molecule has 3 nitrogen and oxygen atoms in total. The van der Waals surface area contributed by atoms with E-state index >= 15 is 0 Å². The maximum atomic E-state index is 11.7. The van der Waals surface area contributed by atoms with Crippen molar-refractivity contribution in [1.29, 1.82) is 0 Å². The number of fused-ring (bicyclic) bond motifs is 1. The second-order valence-electron chi connectivity index (χ2n) is 3.16. The third kappa shape index (κ3) is 1.78. The quantitative estimate of drug-likeness (QED) is 0.626. The zero-order chi connectivity index (χ0) is 11.7. The third-order valence-corrected chi connectivity index (χ3v) is 3.37. The van der Waals surface area contributed by atoms with Gasteiger partial charge < -0.3 is 9.15 Å². The number of hydrogen-bond donors (Lipinski definition) is 0. The van der Waals surface area contributed by atoms with Crippen LogP contribution >= 0.6 is 31.9 Å². The fourth-order valence-electron chi connectivity index (χ4n) is 1.57. The average molecular weight is 348 g/mol. The molecular formula is C11H8Br2O3. The van der Waals surface area contributed by atoms with Crippen LogP contribution in [0.4, 0.5) is 0 Å². The Morgan fingerprint density at radius 2 is 2.31 bits per heavy atom. The van der Waals surface area contributed by atoms with E-state index < -0.39 is 0 Å². The van der Waals surface area contributed by atoms with Crippen LogP contribution in [-0.4, -0.2) is 18.2 Å². The topological polar surface area (TPSA) is 39.4 Å². The number of methoxy groups -OCH3 is 1. The Balaban J connectivity index is 2.78. The van der Waals surface area contributed by atoms with Gasteiger partial charge in [0.05, 0.1) is 34.1 Å². The number of ether oxygens (including phenoxy) is 1. The Labute approximate surface area is 109 Å². The van der Waals surface area contributed by atoms with Crippen molar-refractivity contribution in [2.45, 2.75) is 0 Å². The highest BCUT2D eigenvalue weighted by Crippen LogP contribution is 2.36. The van der Waals surface area contributed by atoms with Crippen LogP contribution in [-0.2, 0) is 0 Å². The molecule has 2 rings (SSSR count). The molecule has 0 aliphatic rings. The summed E-state index contributed by atoms with van der Waals surface area (Å²) in [5, 5.41) is 1.06. The molecule has 1 aromatic carbocycles. The summed E-state index contributed by atoms with van der Waals surface area (Å²) in [5.74, 6) is 0.525. The van der Waals surface area contributed by atoms with E-state index in [1.54, 1.807) is 25.5 Å². The van der Waals surface area contributed by atoms with Crippen molar-refractivity contribution in [3.8, 4) is 5.75 Å². The number of alkyl halides is 1. The van der Waals surface area contributed by atoms with Gasteiger partial charge in [0, 0.05) is 0 Å². The van der Waals surface area contributed by atoms with Crippen molar-refractivity contribution in [1.82, 2.24) is 0 Å². The van der Waals surface area contributed by atoms with Gasteiger partial charge in [-0.3, -0.25) is 4.79 Å². The zero-order valence-electron chi connectivity index (χ0n) is 8.42. The lowest BCUT2D eigenvalue weighted by molar-refractivity contribution is 0.102. The first-order valence-corrected chi connectivity index (χ1v) is 6.43. The maximum absolute atomic E-state index is 11.7. The molecule has 5 heteroatoms. The highest BCUT2D eigenvalue weighted by Gasteiger charge is 2.18. The molecule has 0 radical (unpaired) electrons. The predicted octanol–water partition coefficient (Wildman–Crippen LogP) is 3.78. The van der Waals surface area contributed by atoms with Crippen LogP contribution in [0.15, 0.2) is 27.3 Å². The molecule has 16 heavy (non-hydrogen) atoms. The molecule has 2 aromatic rings. The summed E-state index contributed by atoms with van der Waals surface area (Å²) in [6.07, 6.45) is 1.57. The largest absolute Gasteiger partial charge is 0.495 e. The van der Waals surface area contributed by atoms with E-state index in [0.29, 0.717) is 16.9 Å². The molecule has 0 saturated heterocycles. The van der Waals surface area contributed by atoms with Crippen LogP contribution in [0.5, 0.6) is 5.75 Å². The van der Waals surface area contributed by atoms with Crippen LogP contribution in [0, 0.1) is 0 Å². The number of ketones is 1. The number of benzene rings is 1. The summed E-state index contributed by atoms with van der Waals surface area (Å²) >= 11 is 6.52. The van der Waals surface area contributed by atoms with Gasteiger partial charge in [0.1, 0.15) is 5.75 Å². The maximum Gasteiger partial charge on any atom is 0.177 e. The molecule has 0 spiro atoms. The first kappa shape index (κ1) is 11.7. The van der Waals surface area contributed by atoms with E-state index in [1.165, 1.54) is 0 Å². The van der Waals surface area contributed by atoms with E-state index in [1.807, 2.05) is 0 Å². The molecular weight excluding hydrogens is 340 g/mol. The van der Waals surface area contributed by atoms with Crippen LogP contribution in [0.25, 0.3) is 11.0 Å². The Hall–Kier alpha value is -0.810. The Kier molecular flexibility index (Phi) is 3.35. The number of rotatable bonds is 3. The summed E-state index contributed by atoms with van der Waals surface area (Å²) in [7, 11) is 1.54. The SMILES string of the molecule is COc1c(C(=O)CBr)cc(Br)c2occc12. The van der Waals surface area contributed by atoms with Crippen molar-refractivity contribution >= 4 is 48.6 Å². The van der Waals surface area contributed by atoms with Crippen molar-refractivity contribution < 1.29 is 13.9 Å². The molecule has 1 heterocycles. The normalized spacial score (nSPS) is 10.7. The number of Topliss-reactive ketones (excluding diaryl/α,β-unsaturated/α-hetero) is 1. The predicted molar refractivity (Wildman–Crippen MR) is 68.6 cm³/mol. The van der Waals surface area contributed by atoms with Gasteiger partial charge in [0.25, 0.3) is 0 Å². The van der Waals surface area contributed by atoms with Crippen LogP contribution in [0.3, 0.4) is 0 Å². The minimum Gasteiger partial charge on any atom is -0.495 e. The number of halogens is 2. The van der Waals surface area contributed by atoms with Crippen molar-refractivity contribution in [2.75, 3.05) is 12.4 Å². The second kappa shape index (κ2) is 4.59. The molecule has 0 N–H and O–H groups in total. The minimum atomic E-state index is -0.0272. The lowest BCUT2D eigenvalue weighted by Gasteiger charge is -2.08. The Bertz CT molecular complexity index is 545. The molecule has 1 aromatic heterocycles. The average Bonchev–Trinajstić information content (AvgIpc) is 2.77. The van der Waals surface area contributed by atoms with Crippen LogP contribution in [0.2, 0.25) is 0 Å². The van der Waals surface area contributed by atoms with E-state index in [2.05, 4.69) is 31.9 Å². The smallest absolute Gasteiger partial charge is 0.177 e. The van der Waals surface area contributed by atoms with Crippen LogP contribution < -0.4 is 4.74 Å². The summed E-state index contributed by atoms with van der Waals surface area (Å²) < 4.78 is 11.3. The van der Waals surface area contributed by atoms with Crippen molar-refractivity contribution in [2.24, 2.45) is 0 Å². The standard InChI is InChI=1S/C11H8Br2O3/c1-15-10-6-2-3-16-11(6)8(13)4-7(10)9(14)5-12/h2-4H,5H2,1H3. The lowest BCUT2D eigenvalue weighted by atomic mass is 10.1. The van der Waals surface area contributed by atoms with Crippen LogP contribution in [0.1, 0.15) is 10.4 Å². The number of carbonyl (C=O) groups is 1. The molecule has 0 unspecified atom stereocenters. The van der Waals surface area contributed by atoms with Gasteiger partial charge in [-0.2, -0.15) is 0 Å². The highest BCUT2D eigenvalue weighted by atomic mass is 79.9. The van der Waals surface area contributed by atoms with Gasteiger partial charge in [-0.15, -0.1) is 0 Å². The van der Waals surface area contributed by atoms with E-state index in [0.717, 1.165) is 9.86 Å². The monoisotopic (exact) mass is 346 g/mol. The van der Waals surface area contributed by atoms with Gasteiger partial charge in [-0.25, -0.2) is 0 Å². The fraction of sp³-hybridized carbons (Fsp3) is 0.182. The van der Waals surface area contributed by atoms with E-state index in [4.69, 9.17) is 9.15 Å². The first-order valence-electron chi connectivity index (χ1n) is 4.52. The highest BCUT2D eigenvalue weighted by molar-refractivity contribution is 9.10. The molecule has 0 bridgehead atoms. The lowest BCUT2D eigenvalue weighted by Crippen LogP contribution is -2.03. The van der Waals surface area contributed by atoms with Crippen molar-refractivity contribution in [3.05, 3.63) is 28.4 Å². The van der Waals surface area contributed by atoms with Gasteiger partial charge >= 0.3 is 0 Å². The van der Waals surface area contributed by atoms with E-state index in [9.17, 15) is 4.79 Å². The number of furan rings is 1. The molecule has 0 atom stereocenters. The van der Waals surface area contributed by atoms with Gasteiger partial charge in [0.2, 0.25) is 0 Å². The third-order valence-electron chi connectivity index (χ3n) is 2.27. The summed E-state index contributed by atoms with van der Waals surface area (Å²) in [4.78, 5) is 11.7. The first-order chi connectivity index (χ1) is 7.69. The second-order valence-corrected chi connectivity index (χ2v) is 4.57. The van der Waals surface area contributed by atoms with Gasteiger partial charge in [-0.1, -0.05) is 15.9 Å². The van der Waals surface area contributed by atoms with Gasteiger partial charge in [-0.05, 0) is 28.1 Å². The minimum absolute atomic E-state index is 0.0272. The summed E-state index contributed by atoms with van der Waals surface area (Å²) in [6, 6.07) is 3.50. The van der Waals surface area contributed by atoms with E-state index in [-0.39, 0.29) is 11.1 Å². The molecule has 0 fully saturated rings. The fourth-order valence-corrected chi connectivity index (χ4v) is 2.41. The molecule has 0 aliphatic heterocycles. The van der Waals surface area contributed by atoms with Crippen molar-refractivity contribution in [3.63, 3.8) is 0 Å². The zero-order valence-corrected chi connectivity index (χ0v) is 11.6. The molecule has 0 saturated carbocycles. The Morgan fingerprint density at radius 3 is 2.94 bits per heavy atom. The Morgan fingerprint density at radius 1 is 1.56 bits per heavy atom. The molecule has 0 amide bonds.